The number of hydrogen-bond donors (Lipinski definition) is 0. The molecule has 2 aromatic carbocycles. The van der Waals surface area contributed by atoms with E-state index in [0.29, 0.717) is 12.2 Å². The third kappa shape index (κ3) is 3.91. The van der Waals surface area contributed by atoms with Crippen LogP contribution in [0.2, 0.25) is 0 Å². The number of benzene rings is 2. The second-order valence-electron chi connectivity index (χ2n) is 5.02. The summed E-state index contributed by atoms with van der Waals surface area (Å²) in [6, 6.07) is 14.6. The molecule has 0 bridgehead atoms. The Hall–Kier alpha value is -2.16. The monoisotopic (exact) mass is 286 g/mol. The van der Waals surface area contributed by atoms with Crippen molar-refractivity contribution in [3.63, 3.8) is 0 Å². The van der Waals surface area contributed by atoms with Crippen molar-refractivity contribution in [2.75, 3.05) is 6.61 Å². The second kappa shape index (κ2) is 7.02. The van der Waals surface area contributed by atoms with Gasteiger partial charge in [-0.1, -0.05) is 49.4 Å². The molecule has 0 amide bonds. The maximum Gasteiger partial charge on any atom is 0.306 e. The van der Waals surface area contributed by atoms with Gasteiger partial charge in [-0.3, -0.25) is 4.79 Å². The first kappa shape index (κ1) is 15.2. The van der Waals surface area contributed by atoms with Gasteiger partial charge in [0.2, 0.25) is 0 Å². The van der Waals surface area contributed by atoms with Crippen LogP contribution in [0.1, 0.15) is 31.7 Å². The van der Waals surface area contributed by atoms with Crippen molar-refractivity contribution >= 4 is 5.97 Å². The Morgan fingerprint density at radius 1 is 1.19 bits per heavy atom. The molecule has 1 atom stereocenters. The minimum atomic E-state index is -0.269. The highest BCUT2D eigenvalue weighted by Crippen LogP contribution is 2.27. The molecule has 21 heavy (non-hydrogen) atoms. The van der Waals surface area contributed by atoms with Crippen LogP contribution in [0.5, 0.6) is 0 Å². The Kier molecular flexibility index (Phi) is 5.09. The summed E-state index contributed by atoms with van der Waals surface area (Å²) in [6.45, 7) is 4.04. The molecule has 0 aliphatic carbocycles. The third-order valence-corrected chi connectivity index (χ3v) is 3.43. The van der Waals surface area contributed by atoms with Crippen LogP contribution < -0.4 is 0 Å². The number of carbonyl (C=O) groups is 1. The first-order valence-corrected chi connectivity index (χ1v) is 7.12. The highest BCUT2D eigenvalue weighted by molar-refractivity contribution is 5.70. The molecule has 0 saturated heterocycles. The molecule has 0 radical (unpaired) electrons. The molecule has 0 N–H and O–H groups in total. The molecule has 0 aliphatic heterocycles. The molecule has 2 aromatic rings. The topological polar surface area (TPSA) is 26.3 Å². The average molecular weight is 286 g/mol. The lowest BCUT2D eigenvalue weighted by atomic mass is 9.95. The van der Waals surface area contributed by atoms with Crippen LogP contribution in [-0.4, -0.2) is 12.6 Å². The zero-order valence-corrected chi connectivity index (χ0v) is 12.3. The van der Waals surface area contributed by atoms with Crippen LogP contribution in [0.15, 0.2) is 48.5 Å². The smallest absolute Gasteiger partial charge is 0.306 e. The summed E-state index contributed by atoms with van der Waals surface area (Å²) in [6.07, 6.45) is 0.262. The van der Waals surface area contributed by atoms with Crippen molar-refractivity contribution in [3.05, 3.63) is 59.9 Å². The van der Waals surface area contributed by atoms with Crippen molar-refractivity contribution in [1.29, 1.82) is 0 Å². The van der Waals surface area contributed by atoms with Gasteiger partial charge in [0.15, 0.2) is 0 Å². The fourth-order valence-electron chi connectivity index (χ4n) is 2.28. The minimum absolute atomic E-state index is 0.0663. The molecular formula is C18H19FO2. The number of rotatable bonds is 5. The quantitative estimate of drug-likeness (QED) is 0.754. The van der Waals surface area contributed by atoms with Crippen molar-refractivity contribution in [3.8, 4) is 11.1 Å². The minimum Gasteiger partial charge on any atom is -0.466 e. The number of esters is 1. The van der Waals surface area contributed by atoms with Gasteiger partial charge in [-0.15, -0.1) is 0 Å². The van der Waals surface area contributed by atoms with E-state index in [1.54, 1.807) is 13.0 Å². The highest BCUT2D eigenvalue weighted by atomic mass is 19.1. The van der Waals surface area contributed by atoms with Gasteiger partial charge in [0.25, 0.3) is 0 Å². The van der Waals surface area contributed by atoms with Gasteiger partial charge in [0.05, 0.1) is 13.0 Å². The number of hydrogen-bond acceptors (Lipinski definition) is 2. The molecule has 0 aliphatic rings. The van der Waals surface area contributed by atoms with E-state index in [2.05, 4.69) is 0 Å². The van der Waals surface area contributed by atoms with Gasteiger partial charge in [0.1, 0.15) is 5.82 Å². The Morgan fingerprint density at radius 3 is 2.52 bits per heavy atom. The van der Waals surface area contributed by atoms with E-state index < -0.39 is 0 Å². The van der Waals surface area contributed by atoms with Gasteiger partial charge in [-0.2, -0.15) is 0 Å². The zero-order valence-electron chi connectivity index (χ0n) is 12.3. The molecule has 2 rings (SSSR count). The molecule has 0 fully saturated rings. The summed E-state index contributed by atoms with van der Waals surface area (Å²) >= 11 is 0. The summed E-state index contributed by atoms with van der Waals surface area (Å²) in [4.78, 5) is 11.5. The summed E-state index contributed by atoms with van der Waals surface area (Å²) in [5.74, 6) is -0.588. The van der Waals surface area contributed by atoms with Crippen LogP contribution in [0.25, 0.3) is 11.1 Å². The fourth-order valence-corrected chi connectivity index (χ4v) is 2.28. The predicted octanol–water partition coefficient (Wildman–Crippen LogP) is 4.55. The Bertz CT molecular complexity index is 608. The molecule has 0 aromatic heterocycles. The van der Waals surface area contributed by atoms with E-state index in [4.69, 9.17) is 4.74 Å². The van der Waals surface area contributed by atoms with Crippen molar-refractivity contribution in [1.82, 2.24) is 0 Å². The largest absolute Gasteiger partial charge is 0.466 e. The van der Waals surface area contributed by atoms with Gasteiger partial charge in [-0.05, 0) is 30.0 Å². The van der Waals surface area contributed by atoms with Gasteiger partial charge in [-0.25, -0.2) is 4.39 Å². The Labute approximate surface area is 124 Å². The molecule has 0 heterocycles. The van der Waals surface area contributed by atoms with Gasteiger partial charge >= 0.3 is 5.97 Å². The summed E-state index contributed by atoms with van der Waals surface area (Å²) in [5, 5.41) is 0. The Morgan fingerprint density at radius 2 is 1.90 bits per heavy atom. The normalized spacial score (nSPS) is 12.0. The van der Waals surface area contributed by atoms with E-state index in [9.17, 15) is 9.18 Å². The maximum absolute atomic E-state index is 14.3. The molecule has 2 nitrogen and oxygen atoms in total. The van der Waals surface area contributed by atoms with Gasteiger partial charge < -0.3 is 4.74 Å². The second-order valence-corrected chi connectivity index (χ2v) is 5.02. The van der Waals surface area contributed by atoms with E-state index >= 15 is 0 Å². The SMILES string of the molecule is CCOC(=O)CC(C)c1ccc(-c2ccccc2)c(F)c1. The van der Waals surface area contributed by atoms with E-state index in [-0.39, 0.29) is 24.1 Å². The first-order chi connectivity index (χ1) is 10.1. The maximum atomic E-state index is 14.3. The zero-order chi connectivity index (χ0) is 15.2. The van der Waals surface area contributed by atoms with Crippen molar-refractivity contribution in [2.45, 2.75) is 26.2 Å². The fraction of sp³-hybridized carbons (Fsp3) is 0.278. The molecule has 1 unspecified atom stereocenters. The predicted molar refractivity (Wildman–Crippen MR) is 81.5 cm³/mol. The highest BCUT2D eigenvalue weighted by Gasteiger charge is 2.14. The lowest BCUT2D eigenvalue weighted by Gasteiger charge is -2.13. The summed E-state index contributed by atoms with van der Waals surface area (Å²) in [5.41, 5.74) is 2.22. The average Bonchev–Trinajstić information content (AvgIpc) is 2.48. The Balaban J connectivity index is 2.17. The lowest BCUT2D eigenvalue weighted by molar-refractivity contribution is -0.143. The lowest BCUT2D eigenvalue weighted by Crippen LogP contribution is -2.08. The van der Waals surface area contributed by atoms with Crippen LogP contribution >= 0.6 is 0 Å². The van der Waals surface area contributed by atoms with E-state index in [0.717, 1.165) is 11.1 Å². The first-order valence-electron chi connectivity index (χ1n) is 7.12. The van der Waals surface area contributed by atoms with Crippen LogP contribution in [-0.2, 0) is 9.53 Å². The third-order valence-electron chi connectivity index (χ3n) is 3.43. The molecule has 0 spiro atoms. The molecular weight excluding hydrogens is 267 g/mol. The van der Waals surface area contributed by atoms with Gasteiger partial charge in [0, 0.05) is 5.56 Å². The van der Waals surface area contributed by atoms with E-state index in [1.807, 2.05) is 43.3 Å². The van der Waals surface area contributed by atoms with E-state index in [1.165, 1.54) is 6.07 Å². The molecule has 0 saturated carbocycles. The van der Waals surface area contributed by atoms with Crippen molar-refractivity contribution < 1.29 is 13.9 Å². The van der Waals surface area contributed by atoms with Crippen LogP contribution in [0.3, 0.4) is 0 Å². The summed E-state index contributed by atoms with van der Waals surface area (Å²) in [7, 11) is 0. The van der Waals surface area contributed by atoms with Crippen molar-refractivity contribution in [2.24, 2.45) is 0 Å². The number of halogens is 1. The van der Waals surface area contributed by atoms with Crippen LogP contribution in [0, 0.1) is 5.82 Å². The number of ether oxygens (including phenoxy) is 1. The van der Waals surface area contributed by atoms with Crippen LogP contribution in [0.4, 0.5) is 4.39 Å². The molecule has 3 heteroatoms. The molecule has 110 valence electrons. The number of carbonyl (C=O) groups excluding carboxylic acids is 1. The standard InChI is InChI=1S/C18H19FO2/c1-3-21-18(20)11-13(2)15-9-10-16(17(19)12-15)14-7-5-4-6-8-14/h4-10,12-13H,3,11H2,1-2H3. The summed E-state index contributed by atoms with van der Waals surface area (Å²) < 4.78 is 19.2.